The molecule has 1 saturated heterocycles. The smallest absolute Gasteiger partial charge is 0.390 e. The molecule has 2 rings (SSSR count). The van der Waals surface area contributed by atoms with Crippen molar-refractivity contribution in [2.75, 3.05) is 6.61 Å². The van der Waals surface area contributed by atoms with Crippen LogP contribution in [0.25, 0.3) is 0 Å². The minimum Gasteiger partial charge on any atom is -0.390 e. The molecule has 15 nitrogen and oxygen atoms in total. The molecule has 0 radical (unpaired) electrons. The molecule has 0 bridgehead atoms. The zero-order chi connectivity index (χ0) is 22.2. The van der Waals surface area contributed by atoms with Crippen molar-refractivity contribution in [2.24, 2.45) is 0 Å². The van der Waals surface area contributed by atoms with Crippen LogP contribution in [-0.4, -0.2) is 53.0 Å². The second kappa shape index (κ2) is 8.89. The maximum Gasteiger partial charge on any atom is 0.490 e. The summed E-state index contributed by atoms with van der Waals surface area (Å²) in [6.07, 6.45) is -1.93. The number of aromatic amines is 1. The first-order valence-corrected chi connectivity index (χ1v) is 12.5. The number of aliphatic hydroxyl groups is 1. The number of ether oxygens (including phenoxy) is 1. The lowest BCUT2D eigenvalue weighted by molar-refractivity contribution is -0.0444. The Bertz CT molecular complexity index is 1020. The van der Waals surface area contributed by atoms with Gasteiger partial charge in [-0.25, -0.2) is 13.7 Å². The normalized spacial score (nSPS) is 26.8. The van der Waals surface area contributed by atoms with Gasteiger partial charge in [-0.05, 0) is 19.1 Å². The van der Waals surface area contributed by atoms with E-state index in [-0.39, 0.29) is 11.2 Å². The molecular weight excluding hydrogens is 481 g/mol. The van der Waals surface area contributed by atoms with Crippen molar-refractivity contribution in [3.05, 3.63) is 26.9 Å². The Morgan fingerprint density at radius 3 is 2.45 bits per heavy atom. The van der Waals surface area contributed by atoms with Crippen LogP contribution < -0.4 is 5.56 Å². The largest absolute Gasteiger partial charge is 0.490 e. The number of hydrogen-bond acceptors (Lipinski definition) is 10. The lowest BCUT2D eigenvalue weighted by Gasteiger charge is -2.19. The first-order chi connectivity index (χ1) is 13.1. The van der Waals surface area contributed by atoms with E-state index >= 15 is 0 Å². The highest BCUT2D eigenvalue weighted by molar-refractivity contribution is 7.71. The Morgan fingerprint density at radius 1 is 1.24 bits per heavy atom. The van der Waals surface area contributed by atoms with Crippen LogP contribution in [0.5, 0.6) is 0 Å². The molecule has 0 aromatic carbocycles. The Morgan fingerprint density at radius 2 is 1.86 bits per heavy atom. The van der Waals surface area contributed by atoms with E-state index < -0.39 is 54.1 Å². The first kappa shape index (κ1) is 24.7. The molecular formula is C10H17N2O13P3S. The summed E-state index contributed by atoms with van der Waals surface area (Å²) in [4.78, 5) is 49.4. The number of nitrogens with one attached hydrogen (secondary N) is 1. The topological polar surface area (TPSA) is 227 Å². The van der Waals surface area contributed by atoms with E-state index in [2.05, 4.69) is 18.1 Å². The molecule has 29 heavy (non-hydrogen) atoms. The molecule has 1 fully saturated rings. The molecule has 1 aromatic rings. The molecule has 19 heteroatoms. The molecule has 0 spiro atoms. The summed E-state index contributed by atoms with van der Waals surface area (Å²) in [5, 5.41) is 10.0. The van der Waals surface area contributed by atoms with Gasteiger partial charge >= 0.3 is 23.5 Å². The number of phosphoric ester groups is 1. The Hall–Kier alpha value is -0.570. The van der Waals surface area contributed by atoms with E-state index in [1.165, 1.54) is 17.7 Å². The number of rotatable bonds is 8. The van der Waals surface area contributed by atoms with Crippen LogP contribution in [-0.2, 0) is 31.6 Å². The molecule has 1 aliphatic rings. The highest BCUT2D eigenvalue weighted by Gasteiger charge is 2.42. The predicted octanol–water partition coefficient (Wildman–Crippen LogP) is 0.206. The van der Waals surface area contributed by atoms with Crippen LogP contribution in [0.2, 0.25) is 0 Å². The van der Waals surface area contributed by atoms with Gasteiger partial charge in [-0.1, -0.05) is 0 Å². The van der Waals surface area contributed by atoms with Crippen LogP contribution in [0.15, 0.2) is 11.0 Å². The summed E-state index contributed by atoms with van der Waals surface area (Å²) < 4.78 is 52.0. The highest BCUT2D eigenvalue weighted by Crippen LogP contribution is 2.66. The van der Waals surface area contributed by atoms with E-state index in [1.54, 1.807) is 0 Å². The molecule has 2 unspecified atom stereocenters. The fraction of sp³-hybridized carbons (Fsp3) is 0.600. The van der Waals surface area contributed by atoms with Crippen molar-refractivity contribution in [2.45, 2.75) is 31.8 Å². The van der Waals surface area contributed by atoms with Crippen LogP contribution >= 0.6 is 35.7 Å². The third kappa shape index (κ3) is 7.26. The number of hydrogen-bond donors (Lipinski definition) is 6. The van der Waals surface area contributed by atoms with Gasteiger partial charge < -0.3 is 29.4 Å². The molecule has 2 heterocycles. The molecule has 1 aromatic heterocycles. The summed E-state index contributed by atoms with van der Waals surface area (Å²) in [6.45, 7) is 0.708. The number of H-pyrrole nitrogens is 1. The highest BCUT2D eigenvalue weighted by atomic mass is 32.1. The standard InChI is InChI=1S/C10H17N2O13P3S/c1-5-3-12(10(29)11-9(5)14)8-2-6(13)7(23-8)4-22-27(18,19)25-28(20,21)24-26(15,16)17/h3,6-8,13H,2,4H2,1H3,(H,18,19)(H,20,21)(H,11,14,29)(H2,15,16,17)/t6-,7+,8+/m0/s1. The van der Waals surface area contributed by atoms with Gasteiger partial charge in [0.15, 0.2) is 4.77 Å². The number of aliphatic hydroxyl groups excluding tert-OH is 1. The van der Waals surface area contributed by atoms with Crippen LogP contribution in [0, 0.1) is 11.7 Å². The zero-order valence-corrected chi connectivity index (χ0v) is 17.9. The number of aryl methyl sites for hydroxylation is 1. The van der Waals surface area contributed by atoms with Gasteiger partial charge in [0, 0.05) is 18.2 Å². The van der Waals surface area contributed by atoms with E-state index in [1.807, 2.05) is 0 Å². The number of phosphoric acid groups is 3. The molecule has 0 aliphatic carbocycles. The molecule has 0 amide bonds. The van der Waals surface area contributed by atoms with Crippen LogP contribution in [0.3, 0.4) is 0 Å². The summed E-state index contributed by atoms with van der Waals surface area (Å²) in [6, 6.07) is 0. The maximum atomic E-state index is 11.7. The fourth-order valence-electron chi connectivity index (χ4n) is 2.31. The van der Waals surface area contributed by atoms with Crippen molar-refractivity contribution in [3.8, 4) is 0 Å². The van der Waals surface area contributed by atoms with Gasteiger partial charge in [0.05, 0.1) is 12.7 Å². The Kier molecular flexibility index (Phi) is 7.57. The van der Waals surface area contributed by atoms with Gasteiger partial charge in [-0.3, -0.25) is 18.9 Å². The molecule has 0 saturated carbocycles. The van der Waals surface area contributed by atoms with Gasteiger partial charge in [-0.15, -0.1) is 0 Å². The first-order valence-electron chi connectivity index (χ1n) is 7.52. The van der Waals surface area contributed by atoms with Gasteiger partial charge in [0.1, 0.15) is 12.3 Å². The predicted molar refractivity (Wildman–Crippen MR) is 95.0 cm³/mol. The zero-order valence-electron chi connectivity index (χ0n) is 14.4. The van der Waals surface area contributed by atoms with E-state index in [0.717, 1.165) is 0 Å². The van der Waals surface area contributed by atoms with Crippen molar-refractivity contribution in [1.29, 1.82) is 0 Å². The average Bonchev–Trinajstić information content (AvgIpc) is 2.86. The average molecular weight is 498 g/mol. The van der Waals surface area contributed by atoms with E-state index in [4.69, 9.17) is 31.6 Å². The SMILES string of the molecule is Cc1cn([C@H]2C[C@H](O)[C@@H](COP(=O)(O)OP(=O)(O)OP(=O)(O)O)O2)c(=S)[nH]c1=O. The summed E-state index contributed by atoms with van der Waals surface area (Å²) in [5.74, 6) is 0. The monoisotopic (exact) mass is 498 g/mol. The number of aromatic nitrogens is 2. The van der Waals surface area contributed by atoms with E-state index in [9.17, 15) is 28.5 Å². The van der Waals surface area contributed by atoms with Crippen molar-refractivity contribution < 1.29 is 56.3 Å². The number of nitrogens with zero attached hydrogens (tertiary/aromatic N) is 1. The van der Waals surface area contributed by atoms with Crippen molar-refractivity contribution in [1.82, 2.24) is 9.55 Å². The molecule has 6 N–H and O–H groups in total. The second-order valence-electron chi connectivity index (χ2n) is 5.80. The van der Waals surface area contributed by atoms with Crippen LogP contribution in [0.4, 0.5) is 0 Å². The van der Waals surface area contributed by atoms with Gasteiger partial charge in [-0.2, -0.15) is 8.62 Å². The van der Waals surface area contributed by atoms with E-state index in [0.29, 0.717) is 5.56 Å². The summed E-state index contributed by atoms with van der Waals surface area (Å²) >= 11 is 5.01. The molecule has 166 valence electrons. The Labute approximate surface area is 167 Å². The van der Waals surface area contributed by atoms with Crippen LogP contribution in [0.1, 0.15) is 18.2 Å². The second-order valence-corrected chi connectivity index (χ2v) is 10.6. The minimum atomic E-state index is -5.65. The summed E-state index contributed by atoms with van der Waals surface area (Å²) in [7, 11) is -16.5. The molecule has 5 atom stereocenters. The Balaban J connectivity index is 2.03. The van der Waals surface area contributed by atoms with Crippen molar-refractivity contribution in [3.63, 3.8) is 0 Å². The third-order valence-electron chi connectivity index (χ3n) is 3.48. The quantitative estimate of drug-likeness (QED) is 0.208. The van der Waals surface area contributed by atoms with Crippen molar-refractivity contribution >= 4 is 35.7 Å². The molecule has 1 aliphatic heterocycles. The van der Waals surface area contributed by atoms with Gasteiger partial charge in [0.25, 0.3) is 5.56 Å². The fourth-order valence-corrected chi connectivity index (χ4v) is 5.60. The lowest BCUT2D eigenvalue weighted by atomic mass is 10.2. The summed E-state index contributed by atoms with van der Waals surface area (Å²) in [5.41, 5.74) is -0.0950. The van der Waals surface area contributed by atoms with Gasteiger partial charge in [0.2, 0.25) is 0 Å². The minimum absolute atomic E-state index is 0.00587. The maximum absolute atomic E-state index is 11.7. The lowest BCUT2D eigenvalue weighted by Crippen LogP contribution is -2.26. The third-order valence-corrected chi connectivity index (χ3v) is 7.59.